The maximum atomic E-state index is 13.7. The standard InChI is InChI=1S/C26H20Cl2F3N3O4S/c27-21-7-6-19(25(35)33-8-10-38-11-9-33)24(28)20(21)13-17-14-22-23(12-16(15-32-22)26(29,30)31)34(17)39(36,37)18-4-2-1-3-5-18/h1-7,12,14-15H,8-11,13H2. The molecular formula is C26H20Cl2F3N3O4S. The number of hydrogen-bond donors (Lipinski definition) is 0. The first kappa shape index (κ1) is 27.4. The molecule has 2 aromatic carbocycles. The highest BCUT2D eigenvalue weighted by molar-refractivity contribution is 7.90. The van der Waals surface area contributed by atoms with E-state index >= 15 is 0 Å². The first-order valence-corrected chi connectivity index (χ1v) is 13.9. The Labute approximate surface area is 231 Å². The molecular weight excluding hydrogens is 578 g/mol. The van der Waals surface area contributed by atoms with E-state index in [1.54, 1.807) is 11.0 Å². The van der Waals surface area contributed by atoms with E-state index < -0.39 is 21.8 Å². The molecule has 0 aliphatic carbocycles. The summed E-state index contributed by atoms with van der Waals surface area (Å²) in [5, 5.41) is 0.188. The summed E-state index contributed by atoms with van der Waals surface area (Å²) in [7, 11) is -4.37. The van der Waals surface area contributed by atoms with E-state index in [2.05, 4.69) is 4.98 Å². The fourth-order valence-corrected chi connectivity index (χ4v) is 6.54. The zero-order valence-electron chi connectivity index (χ0n) is 20.1. The molecule has 0 unspecified atom stereocenters. The van der Waals surface area contributed by atoms with Crippen molar-refractivity contribution in [3.05, 3.63) is 93.2 Å². The number of morpholine rings is 1. The summed E-state index contributed by atoms with van der Waals surface area (Å²) in [5.74, 6) is -0.338. The average Bonchev–Trinajstić information content (AvgIpc) is 3.29. The van der Waals surface area contributed by atoms with Crippen LogP contribution in [0.4, 0.5) is 13.2 Å². The first-order valence-electron chi connectivity index (χ1n) is 11.7. The van der Waals surface area contributed by atoms with Crippen LogP contribution in [0.5, 0.6) is 0 Å². The molecule has 2 aromatic heterocycles. The Hall–Kier alpha value is -3.12. The highest BCUT2D eigenvalue weighted by Crippen LogP contribution is 2.36. The summed E-state index contributed by atoms with van der Waals surface area (Å²) in [6.07, 6.45) is -4.30. The van der Waals surface area contributed by atoms with Gasteiger partial charge in [-0.2, -0.15) is 13.2 Å². The number of amides is 1. The lowest BCUT2D eigenvalue weighted by Gasteiger charge is -2.27. The van der Waals surface area contributed by atoms with Gasteiger partial charge < -0.3 is 9.64 Å². The van der Waals surface area contributed by atoms with E-state index in [9.17, 15) is 26.4 Å². The fraction of sp³-hybridized carbons (Fsp3) is 0.231. The predicted molar refractivity (Wildman–Crippen MR) is 140 cm³/mol. The number of hydrogen-bond acceptors (Lipinski definition) is 5. The fourth-order valence-electron chi connectivity index (χ4n) is 4.41. The molecule has 0 saturated carbocycles. The Morgan fingerprint density at radius 2 is 1.72 bits per heavy atom. The molecule has 4 aromatic rings. The van der Waals surface area contributed by atoms with Crippen molar-refractivity contribution in [3.8, 4) is 0 Å². The van der Waals surface area contributed by atoms with Gasteiger partial charge in [-0.3, -0.25) is 9.78 Å². The van der Waals surface area contributed by atoms with E-state index in [1.807, 2.05) is 0 Å². The Morgan fingerprint density at radius 1 is 1.03 bits per heavy atom. The second kappa shape index (κ2) is 10.5. The third kappa shape index (κ3) is 5.23. The van der Waals surface area contributed by atoms with Crippen LogP contribution in [0.25, 0.3) is 11.0 Å². The summed E-state index contributed by atoms with van der Waals surface area (Å²) in [6.45, 7) is 1.52. The molecule has 3 heterocycles. The summed E-state index contributed by atoms with van der Waals surface area (Å²) < 4.78 is 74.2. The van der Waals surface area contributed by atoms with Crippen molar-refractivity contribution < 1.29 is 31.1 Å². The van der Waals surface area contributed by atoms with E-state index in [0.717, 1.165) is 10.0 Å². The van der Waals surface area contributed by atoms with Gasteiger partial charge >= 0.3 is 6.18 Å². The number of nitrogens with zero attached hydrogens (tertiary/aromatic N) is 3. The van der Waals surface area contributed by atoms with Gasteiger partial charge in [0.15, 0.2) is 0 Å². The number of benzene rings is 2. The quantitative estimate of drug-likeness (QED) is 0.296. The second-order valence-corrected chi connectivity index (χ2v) is 11.4. The topological polar surface area (TPSA) is 81.5 Å². The smallest absolute Gasteiger partial charge is 0.378 e. The Kier molecular flexibility index (Phi) is 7.36. The third-order valence-electron chi connectivity index (χ3n) is 6.36. The van der Waals surface area contributed by atoms with Crippen molar-refractivity contribution in [2.45, 2.75) is 17.5 Å². The SMILES string of the molecule is O=C(c1ccc(Cl)c(Cc2cc3ncc(C(F)(F)F)cc3n2S(=O)(=O)c2ccccc2)c1Cl)N1CCOCC1. The number of rotatable bonds is 5. The van der Waals surface area contributed by atoms with Crippen LogP contribution in [-0.2, 0) is 27.4 Å². The van der Waals surface area contributed by atoms with E-state index in [4.69, 9.17) is 27.9 Å². The molecule has 5 rings (SSSR count). The van der Waals surface area contributed by atoms with Crippen LogP contribution >= 0.6 is 23.2 Å². The van der Waals surface area contributed by atoms with Gasteiger partial charge in [0.2, 0.25) is 0 Å². The number of carbonyl (C=O) groups excluding carboxylic acids is 1. The largest absolute Gasteiger partial charge is 0.417 e. The molecule has 1 aliphatic heterocycles. The highest BCUT2D eigenvalue weighted by Gasteiger charge is 2.33. The van der Waals surface area contributed by atoms with Crippen molar-refractivity contribution >= 4 is 50.2 Å². The van der Waals surface area contributed by atoms with Gasteiger partial charge in [-0.1, -0.05) is 41.4 Å². The Bertz CT molecular complexity index is 1670. The molecule has 13 heteroatoms. The zero-order chi connectivity index (χ0) is 27.9. The van der Waals surface area contributed by atoms with Gasteiger partial charge in [-0.05, 0) is 42.0 Å². The molecule has 39 heavy (non-hydrogen) atoms. The molecule has 1 saturated heterocycles. The van der Waals surface area contributed by atoms with Crippen LogP contribution in [0, 0.1) is 0 Å². The number of halogens is 5. The minimum absolute atomic E-state index is 0.0249. The van der Waals surface area contributed by atoms with E-state index in [0.29, 0.717) is 32.5 Å². The molecule has 204 valence electrons. The highest BCUT2D eigenvalue weighted by atomic mass is 35.5. The maximum absolute atomic E-state index is 13.7. The molecule has 1 aliphatic rings. The van der Waals surface area contributed by atoms with Gasteiger partial charge in [0, 0.05) is 36.4 Å². The minimum atomic E-state index is -4.74. The first-order chi connectivity index (χ1) is 18.5. The van der Waals surface area contributed by atoms with Crippen LogP contribution in [0.3, 0.4) is 0 Å². The van der Waals surface area contributed by atoms with Gasteiger partial charge in [0.1, 0.15) is 0 Å². The number of alkyl halides is 3. The second-order valence-electron chi connectivity index (χ2n) is 8.81. The van der Waals surface area contributed by atoms with Crippen LogP contribution in [0.15, 0.2) is 65.7 Å². The van der Waals surface area contributed by atoms with Crippen molar-refractivity contribution in [2.24, 2.45) is 0 Å². The minimum Gasteiger partial charge on any atom is -0.378 e. The lowest BCUT2D eigenvalue weighted by molar-refractivity contribution is -0.137. The molecule has 1 amide bonds. The molecule has 0 bridgehead atoms. The van der Waals surface area contributed by atoms with Gasteiger partial charge in [0.25, 0.3) is 15.9 Å². The van der Waals surface area contributed by atoms with Gasteiger partial charge in [-0.15, -0.1) is 0 Å². The molecule has 0 atom stereocenters. The molecule has 1 fully saturated rings. The lowest BCUT2D eigenvalue weighted by atomic mass is 10.0. The van der Waals surface area contributed by atoms with Crippen LogP contribution in [-0.4, -0.2) is 54.5 Å². The number of carbonyl (C=O) groups is 1. The summed E-state index contributed by atoms with van der Waals surface area (Å²) in [5.41, 5.74) is -0.828. The monoisotopic (exact) mass is 597 g/mol. The Morgan fingerprint density at radius 3 is 2.38 bits per heavy atom. The average molecular weight is 598 g/mol. The summed E-state index contributed by atoms with van der Waals surface area (Å²) in [4.78, 5) is 18.5. The number of aromatic nitrogens is 2. The van der Waals surface area contributed by atoms with Crippen molar-refractivity contribution in [1.29, 1.82) is 0 Å². The number of ether oxygens (including phenoxy) is 1. The molecule has 0 N–H and O–H groups in total. The molecule has 7 nitrogen and oxygen atoms in total. The van der Waals surface area contributed by atoms with Crippen molar-refractivity contribution in [2.75, 3.05) is 26.3 Å². The zero-order valence-corrected chi connectivity index (χ0v) is 22.4. The van der Waals surface area contributed by atoms with Gasteiger partial charge in [0.05, 0.1) is 45.3 Å². The van der Waals surface area contributed by atoms with Crippen LogP contribution in [0.1, 0.15) is 27.2 Å². The van der Waals surface area contributed by atoms with Gasteiger partial charge in [-0.25, -0.2) is 12.4 Å². The third-order valence-corrected chi connectivity index (χ3v) is 8.93. The summed E-state index contributed by atoms with van der Waals surface area (Å²) in [6, 6.07) is 12.4. The molecule has 0 radical (unpaired) electrons. The maximum Gasteiger partial charge on any atom is 0.417 e. The van der Waals surface area contributed by atoms with Crippen LogP contribution in [0.2, 0.25) is 10.0 Å². The van der Waals surface area contributed by atoms with Crippen molar-refractivity contribution in [3.63, 3.8) is 0 Å². The number of pyridine rings is 1. The van der Waals surface area contributed by atoms with Crippen molar-refractivity contribution in [1.82, 2.24) is 13.9 Å². The van der Waals surface area contributed by atoms with Crippen LogP contribution < -0.4 is 0 Å². The molecule has 0 spiro atoms. The lowest BCUT2D eigenvalue weighted by Crippen LogP contribution is -2.40. The van der Waals surface area contributed by atoms with E-state index in [1.165, 1.54) is 42.5 Å². The number of fused-ring (bicyclic) bond motifs is 1. The summed E-state index contributed by atoms with van der Waals surface area (Å²) >= 11 is 13.1. The van der Waals surface area contributed by atoms with E-state index in [-0.39, 0.29) is 55.1 Å². The Balaban J connectivity index is 1.67. The predicted octanol–water partition coefficient (Wildman–Crippen LogP) is 5.66. The normalized spacial score (nSPS) is 14.6.